The van der Waals surface area contributed by atoms with Crippen molar-refractivity contribution in [3.05, 3.63) is 59.4 Å². The van der Waals surface area contributed by atoms with Crippen LogP contribution in [0.4, 0.5) is 5.82 Å². The van der Waals surface area contributed by atoms with Crippen LogP contribution in [0.5, 0.6) is 0 Å². The van der Waals surface area contributed by atoms with Gasteiger partial charge in [-0.05, 0) is 68.2 Å². The van der Waals surface area contributed by atoms with Crippen LogP contribution in [-0.4, -0.2) is 57.3 Å². The number of anilines is 1. The number of aromatic nitrogens is 2. The van der Waals surface area contributed by atoms with Gasteiger partial charge in [0.2, 0.25) is 5.91 Å². The zero-order chi connectivity index (χ0) is 26.8. The first-order valence-electron chi connectivity index (χ1n) is 13.5. The van der Waals surface area contributed by atoms with Crippen molar-refractivity contribution in [2.24, 2.45) is 0 Å². The molecular weight excluding hydrogens is 482 g/mol. The number of aliphatic hydroxyl groups is 1. The number of fused-ring (bicyclic) bond motifs is 2. The average molecular weight is 524 g/mol. The number of amides is 1. The molecule has 0 radical (unpaired) electrons. The molecule has 3 aromatic rings. The molecule has 37 heavy (non-hydrogen) atoms. The molecule has 5 rings (SSSR count). The molecule has 1 unspecified atom stereocenters. The molecule has 3 N–H and O–H groups in total. The third-order valence-corrected chi connectivity index (χ3v) is 7.43. The van der Waals surface area contributed by atoms with Crippen molar-refractivity contribution in [2.45, 2.75) is 71.0 Å². The molecule has 0 bridgehead atoms. The molecule has 1 atom stereocenters. The standard InChI is InChI=1S/C25H29N5O2S.2C2H6/c1-16-11-20-19(3-2-4-21(20)27-12-16)22(31)14-30-9-7-17(8-10-30)26-13-18-5-6-23-25(28-18)29-24(32)15-33-23;2*1-2/h2-6,11-12,17,22,26,31H,7-10,13-15H2,1H3,(H,28,29,32);2*1-2H3. The normalized spacial score (nSPS) is 16.5. The molecule has 2 aliphatic rings. The number of nitrogens with zero attached hydrogens (tertiary/aromatic N) is 3. The second-order valence-electron chi connectivity index (χ2n) is 8.88. The number of hydrogen-bond donors (Lipinski definition) is 3. The summed E-state index contributed by atoms with van der Waals surface area (Å²) >= 11 is 1.53. The molecule has 1 amide bonds. The summed E-state index contributed by atoms with van der Waals surface area (Å²) in [5, 5.41) is 18.5. The number of pyridine rings is 2. The lowest BCUT2D eigenvalue weighted by Crippen LogP contribution is -2.43. The second-order valence-corrected chi connectivity index (χ2v) is 9.90. The maximum atomic E-state index is 11.6. The molecule has 0 spiro atoms. The molecule has 1 saturated heterocycles. The highest BCUT2D eigenvalue weighted by Crippen LogP contribution is 2.30. The number of aliphatic hydroxyl groups excluding tert-OH is 1. The van der Waals surface area contributed by atoms with E-state index in [1.54, 1.807) is 0 Å². The number of carbonyl (C=O) groups is 1. The minimum Gasteiger partial charge on any atom is -0.387 e. The van der Waals surface area contributed by atoms with Gasteiger partial charge in [0.05, 0.1) is 28.0 Å². The molecule has 0 saturated carbocycles. The van der Waals surface area contributed by atoms with Crippen LogP contribution >= 0.6 is 11.8 Å². The Balaban J connectivity index is 0.000000907. The summed E-state index contributed by atoms with van der Waals surface area (Å²) in [6, 6.07) is 12.6. The highest BCUT2D eigenvalue weighted by molar-refractivity contribution is 8.00. The molecule has 8 heteroatoms. The van der Waals surface area contributed by atoms with Gasteiger partial charge in [0.15, 0.2) is 0 Å². The quantitative estimate of drug-likeness (QED) is 0.403. The summed E-state index contributed by atoms with van der Waals surface area (Å²) in [6.07, 6.45) is 3.39. The van der Waals surface area contributed by atoms with E-state index in [0.29, 0.717) is 30.7 Å². The number of rotatable bonds is 6. The molecule has 7 nitrogen and oxygen atoms in total. The summed E-state index contributed by atoms with van der Waals surface area (Å²) in [5.74, 6) is 1.14. The summed E-state index contributed by atoms with van der Waals surface area (Å²) in [7, 11) is 0. The zero-order valence-corrected chi connectivity index (χ0v) is 23.6. The van der Waals surface area contributed by atoms with Gasteiger partial charge in [-0.2, -0.15) is 0 Å². The molecule has 0 aliphatic carbocycles. The number of aryl methyl sites for hydroxylation is 1. The fourth-order valence-corrected chi connectivity index (χ4v) is 5.34. The fourth-order valence-electron chi connectivity index (χ4n) is 4.58. The molecule has 1 fully saturated rings. The molecule has 2 aromatic heterocycles. The molecule has 4 heterocycles. The van der Waals surface area contributed by atoms with Crippen LogP contribution in [0.3, 0.4) is 0 Å². The Hall–Kier alpha value is -2.52. The number of β-amino-alcohol motifs (C(OH)–C–C–N with tert-alkyl or cyclic N) is 1. The number of carbonyl (C=O) groups excluding carboxylic acids is 1. The Morgan fingerprint density at radius 2 is 1.92 bits per heavy atom. The SMILES string of the molecule is CC.CC.Cc1cnc2cccc(C(O)CN3CCC(NCc4ccc5c(n4)NC(=O)CS5)CC3)c2c1. The van der Waals surface area contributed by atoms with Gasteiger partial charge in [-0.15, -0.1) is 11.8 Å². The van der Waals surface area contributed by atoms with Crippen LogP contribution in [0.1, 0.15) is 63.5 Å². The summed E-state index contributed by atoms with van der Waals surface area (Å²) < 4.78 is 0. The van der Waals surface area contributed by atoms with Crippen molar-refractivity contribution < 1.29 is 9.90 Å². The smallest absolute Gasteiger partial charge is 0.235 e. The van der Waals surface area contributed by atoms with E-state index >= 15 is 0 Å². The lowest BCUT2D eigenvalue weighted by molar-refractivity contribution is -0.113. The van der Waals surface area contributed by atoms with E-state index in [4.69, 9.17) is 0 Å². The number of hydrogen-bond acceptors (Lipinski definition) is 7. The second kappa shape index (κ2) is 14.4. The predicted molar refractivity (Wildman–Crippen MR) is 154 cm³/mol. The maximum Gasteiger partial charge on any atom is 0.235 e. The Bertz CT molecular complexity index is 1160. The fraction of sp³-hybridized carbons (Fsp3) is 0.483. The van der Waals surface area contributed by atoms with Gasteiger partial charge in [0.25, 0.3) is 0 Å². The first-order valence-corrected chi connectivity index (χ1v) is 14.5. The largest absolute Gasteiger partial charge is 0.387 e. The number of benzene rings is 1. The van der Waals surface area contributed by atoms with E-state index in [9.17, 15) is 9.90 Å². The molecule has 2 aliphatic heterocycles. The first kappa shape index (κ1) is 29.0. The summed E-state index contributed by atoms with van der Waals surface area (Å²) in [6.45, 7) is 13.2. The van der Waals surface area contributed by atoms with Gasteiger partial charge in [-0.3, -0.25) is 9.78 Å². The van der Waals surface area contributed by atoms with E-state index in [-0.39, 0.29) is 5.91 Å². The van der Waals surface area contributed by atoms with Crippen molar-refractivity contribution in [2.75, 3.05) is 30.7 Å². The van der Waals surface area contributed by atoms with E-state index in [0.717, 1.165) is 58.6 Å². The lowest BCUT2D eigenvalue weighted by atomic mass is 10.00. The number of thioether (sulfide) groups is 1. The number of nitrogens with one attached hydrogen (secondary N) is 2. The minimum atomic E-state index is -0.533. The van der Waals surface area contributed by atoms with Crippen LogP contribution in [0.2, 0.25) is 0 Å². The summed E-state index contributed by atoms with van der Waals surface area (Å²) in [4.78, 5) is 24.1. The molecule has 200 valence electrons. The third-order valence-electron chi connectivity index (χ3n) is 6.38. The van der Waals surface area contributed by atoms with Gasteiger partial charge in [0, 0.05) is 30.7 Å². The molecular formula is C29H41N5O2S. The van der Waals surface area contributed by atoms with Gasteiger partial charge in [-0.25, -0.2) is 4.98 Å². The monoisotopic (exact) mass is 523 g/mol. The van der Waals surface area contributed by atoms with E-state index in [1.165, 1.54) is 11.8 Å². The highest BCUT2D eigenvalue weighted by atomic mass is 32.2. The van der Waals surface area contributed by atoms with Crippen LogP contribution < -0.4 is 10.6 Å². The predicted octanol–water partition coefficient (Wildman–Crippen LogP) is 5.32. The molecule has 1 aromatic carbocycles. The Labute approximate surface area is 225 Å². The van der Waals surface area contributed by atoms with Gasteiger partial charge in [-0.1, -0.05) is 39.8 Å². The van der Waals surface area contributed by atoms with Crippen LogP contribution in [0.25, 0.3) is 10.9 Å². The van der Waals surface area contributed by atoms with E-state index < -0.39 is 6.10 Å². The van der Waals surface area contributed by atoms with Crippen molar-refractivity contribution in [3.63, 3.8) is 0 Å². The lowest BCUT2D eigenvalue weighted by Gasteiger charge is -2.33. The minimum absolute atomic E-state index is 0.00886. The average Bonchev–Trinajstić information content (AvgIpc) is 2.94. The maximum absolute atomic E-state index is 11.6. The Morgan fingerprint density at radius 1 is 1.16 bits per heavy atom. The van der Waals surface area contributed by atoms with Crippen LogP contribution in [0.15, 0.2) is 47.5 Å². The van der Waals surface area contributed by atoms with E-state index in [2.05, 4.69) is 31.6 Å². The summed E-state index contributed by atoms with van der Waals surface area (Å²) in [5.41, 5.74) is 3.92. The first-order chi connectivity index (χ1) is 18.0. The van der Waals surface area contributed by atoms with Crippen molar-refractivity contribution in [1.82, 2.24) is 20.2 Å². The number of piperidine rings is 1. The van der Waals surface area contributed by atoms with Crippen LogP contribution in [0, 0.1) is 6.92 Å². The topological polar surface area (TPSA) is 90.4 Å². The Kier molecular flexibility index (Phi) is 11.3. The van der Waals surface area contributed by atoms with E-state index in [1.807, 2.05) is 71.1 Å². The van der Waals surface area contributed by atoms with Gasteiger partial charge in [0.1, 0.15) is 5.82 Å². The van der Waals surface area contributed by atoms with Gasteiger partial charge >= 0.3 is 0 Å². The highest BCUT2D eigenvalue weighted by Gasteiger charge is 2.23. The van der Waals surface area contributed by atoms with Crippen LogP contribution in [-0.2, 0) is 11.3 Å². The third kappa shape index (κ3) is 7.74. The van der Waals surface area contributed by atoms with Crippen molar-refractivity contribution in [3.8, 4) is 0 Å². The van der Waals surface area contributed by atoms with Crippen molar-refractivity contribution in [1.29, 1.82) is 0 Å². The number of likely N-dealkylation sites (tertiary alicyclic amines) is 1. The van der Waals surface area contributed by atoms with Gasteiger partial charge < -0.3 is 20.6 Å². The zero-order valence-electron chi connectivity index (χ0n) is 22.8. The van der Waals surface area contributed by atoms with Crippen molar-refractivity contribution >= 4 is 34.4 Å². The Morgan fingerprint density at radius 3 is 2.68 bits per heavy atom.